The molecule has 1 heterocycles. The van der Waals surface area contributed by atoms with Crippen molar-refractivity contribution in [3.05, 3.63) is 60.5 Å². The summed E-state index contributed by atoms with van der Waals surface area (Å²) in [6, 6.07) is 7.79. The molecule has 0 bridgehead atoms. The van der Waals surface area contributed by atoms with Gasteiger partial charge < -0.3 is 14.7 Å². The number of anilines is 1. The highest BCUT2D eigenvalue weighted by Gasteiger charge is 2.21. The number of nitro benzene ring substituents is 1. The van der Waals surface area contributed by atoms with E-state index in [2.05, 4.69) is 42.4 Å². The summed E-state index contributed by atoms with van der Waals surface area (Å²) in [6.45, 7) is 2.20. The first-order valence-electron chi connectivity index (χ1n) is 8.49. The maximum absolute atomic E-state index is 12.2. The van der Waals surface area contributed by atoms with Crippen LogP contribution in [0.25, 0.3) is 0 Å². The zero-order chi connectivity index (χ0) is 21.0. The fraction of sp³-hybridized carbons (Fsp3) is 0.222. The van der Waals surface area contributed by atoms with Crippen molar-refractivity contribution in [3.8, 4) is 5.75 Å². The predicted octanol–water partition coefficient (Wildman–Crippen LogP) is 3.43. The van der Waals surface area contributed by atoms with Gasteiger partial charge in [-0.25, -0.2) is 5.43 Å². The topological polar surface area (TPSA) is 117 Å². The minimum Gasteiger partial charge on any atom is -0.506 e. The number of nitrogens with zero attached hydrogens (tertiary/aromatic N) is 3. The molecule has 2 aromatic carbocycles. The highest BCUT2D eigenvalue weighted by molar-refractivity contribution is 9.11. The summed E-state index contributed by atoms with van der Waals surface area (Å²) in [5.41, 5.74) is 3.25. The lowest BCUT2D eigenvalue weighted by atomic mass is 10.1. The van der Waals surface area contributed by atoms with Gasteiger partial charge in [0.05, 0.1) is 34.4 Å². The molecule has 152 valence electrons. The Morgan fingerprint density at radius 2 is 2.00 bits per heavy atom. The number of rotatable bonds is 5. The molecule has 9 nitrogen and oxygen atoms in total. The minimum absolute atomic E-state index is 0.0250. The molecule has 0 unspecified atom stereocenters. The predicted molar refractivity (Wildman–Crippen MR) is 115 cm³/mol. The van der Waals surface area contributed by atoms with Crippen LogP contribution in [0.15, 0.2) is 44.4 Å². The Kier molecular flexibility index (Phi) is 6.83. The maximum Gasteiger partial charge on any atom is 0.293 e. The Labute approximate surface area is 182 Å². The van der Waals surface area contributed by atoms with Crippen molar-refractivity contribution in [1.29, 1.82) is 0 Å². The lowest BCUT2D eigenvalue weighted by molar-refractivity contribution is -0.384. The number of ether oxygens (including phenoxy) is 1. The molecule has 1 aliphatic heterocycles. The first kappa shape index (κ1) is 21.2. The highest BCUT2D eigenvalue weighted by atomic mass is 79.9. The van der Waals surface area contributed by atoms with Gasteiger partial charge in [-0.2, -0.15) is 5.10 Å². The number of aromatic hydroxyl groups is 1. The summed E-state index contributed by atoms with van der Waals surface area (Å²) in [5.74, 6) is -0.841. The van der Waals surface area contributed by atoms with E-state index in [1.54, 1.807) is 18.2 Å². The first-order chi connectivity index (χ1) is 13.9. The number of benzene rings is 2. The number of nitrogens with one attached hydrogen (secondary N) is 1. The van der Waals surface area contributed by atoms with Crippen LogP contribution in [0, 0.1) is 10.1 Å². The standard InChI is InChI=1S/C18H16Br2N4O5/c19-12-8-13(17(25)14(20)9-12)18(26)22-21-10-11-1-2-15(16(7-11)24(27)28)23-3-5-29-6-4-23/h1-2,7-10,25H,3-6H2,(H,22,26)/b21-10-. The van der Waals surface area contributed by atoms with Crippen molar-refractivity contribution in [2.45, 2.75) is 0 Å². The van der Waals surface area contributed by atoms with E-state index in [-0.39, 0.29) is 17.0 Å². The van der Waals surface area contributed by atoms with E-state index in [0.717, 1.165) is 0 Å². The van der Waals surface area contributed by atoms with Gasteiger partial charge in [-0.15, -0.1) is 0 Å². The number of hydrogen-bond acceptors (Lipinski definition) is 7. The number of phenols is 1. The number of hydrazone groups is 1. The van der Waals surface area contributed by atoms with Crippen LogP contribution in [0.1, 0.15) is 15.9 Å². The molecule has 1 saturated heterocycles. The summed E-state index contributed by atoms with van der Waals surface area (Å²) in [6.07, 6.45) is 1.30. The summed E-state index contributed by atoms with van der Waals surface area (Å²) in [5, 5.41) is 25.3. The Balaban J connectivity index is 1.76. The van der Waals surface area contributed by atoms with Gasteiger partial charge in [-0.05, 0) is 34.1 Å². The maximum atomic E-state index is 12.2. The number of nitro groups is 1. The normalized spacial score (nSPS) is 14.2. The third-order valence-corrected chi connectivity index (χ3v) is 5.26. The number of phenolic OH excluding ortho intramolecular Hbond substituents is 1. The molecule has 1 aliphatic rings. The molecule has 0 aromatic heterocycles. The second kappa shape index (κ2) is 9.33. The van der Waals surface area contributed by atoms with E-state index >= 15 is 0 Å². The summed E-state index contributed by atoms with van der Waals surface area (Å²) >= 11 is 6.40. The summed E-state index contributed by atoms with van der Waals surface area (Å²) in [4.78, 5) is 25.2. The zero-order valence-electron chi connectivity index (χ0n) is 15.0. The van der Waals surface area contributed by atoms with E-state index in [1.165, 1.54) is 18.3 Å². The zero-order valence-corrected chi connectivity index (χ0v) is 18.1. The third kappa shape index (κ3) is 5.11. The van der Waals surface area contributed by atoms with Gasteiger partial charge in [0, 0.05) is 29.2 Å². The van der Waals surface area contributed by atoms with Crippen molar-refractivity contribution in [3.63, 3.8) is 0 Å². The number of carbonyl (C=O) groups excluding carboxylic acids is 1. The van der Waals surface area contributed by atoms with Crippen LogP contribution in [0.4, 0.5) is 11.4 Å². The highest BCUT2D eigenvalue weighted by Crippen LogP contribution is 2.32. The Morgan fingerprint density at radius 1 is 1.28 bits per heavy atom. The second-order valence-corrected chi connectivity index (χ2v) is 7.86. The minimum atomic E-state index is -0.625. The average molecular weight is 528 g/mol. The van der Waals surface area contributed by atoms with Gasteiger partial charge in [0.15, 0.2) is 0 Å². The quantitative estimate of drug-likeness (QED) is 0.349. The van der Waals surface area contributed by atoms with E-state index in [4.69, 9.17) is 4.74 Å². The van der Waals surface area contributed by atoms with Gasteiger partial charge in [-0.1, -0.05) is 22.0 Å². The smallest absolute Gasteiger partial charge is 0.293 e. The molecule has 0 aliphatic carbocycles. The van der Waals surface area contributed by atoms with Gasteiger partial charge in [-0.3, -0.25) is 14.9 Å². The van der Waals surface area contributed by atoms with Crippen molar-refractivity contribution < 1.29 is 19.6 Å². The molecule has 11 heteroatoms. The largest absolute Gasteiger partial charge is 0.506 e. The fourth-order valence-electron chi connectivity index (χ4n) is 2.80. The molecule has 0 saturated carbocycles. The fourth-order valence-corrected chi connectivity index (χ4v) is 4.03. The van der Waals surface area contributed by atoms with E-state index in [9.17, 15) is 20.0 Å². The number of amides is 1. The number of halogens is 2. The molecule has 29 heavy (non-hydrogen) atoms. The molecule has 2 aromatic rings. The lowest BCUT2D eigenvalue weighted by Crippen LogP contribution is -2.36. The molecular formula is C18H16Br2N4O5. The van der Waals surface area contributed by atoms with Crippen LogP contribution < -0.4 is 10.3 Å². The van der Waals surface area contributed by atoms with Gasteiger partial charge in [0.2, 0.25) is 0 Å². The molecule has 2 N–H and O–H groups in total. The van der Waals surface area contributed by atoms with E-state index < -0.39 is 10.8 Å². The summed E-state index contributed by atoms with van der Waals surface area (Å²) in [7, 11) is 0. The molecule has 0 spiro atoms. The SMILES string of the molecule is O=C(N/N=C\c1ccc(N2CCOCC2)c([N+](=O)[O-])c1)c1cc(Br)cc(Br)c1O. The number of hydrogen-bond donors (Lipinski definition) is 2. The van der Waals surface area contributed by atoms with Crippen LogP contribution >= 0.6 is 31.9 Å². The monoisotopic (exact) mass is 526 g/mol. The van der Waals surface area contributed by atoms with Crippen LogP contribution in [-0.4, -0.2) is 48.5 Å². The molecule has 1 amide bonds. The summed E-state index contributed by atoms with van der Waals surface area (Å²) < 4.78 is 6.24. The van der Waals surface area contributed by atoms with Crippen molar-refractivity contribution >= 4 is 55.4 Å². The van der Waals surface area contributed by atoms with Crippen LogP contribution in [0.5, 0.6) is 5.75 Å². The molecule has 0 atom stereocenters. The van der Waals surface area contributed by atoms with Crippen LogP contribution in [0.3, 0.4) is 0 Å². The third-order valence-electron chi connectivity index (χ3n) is 4.20. The first-order valence-corrected chi connectivity index (χ1v) is 10.1. The van der Waals surface area contributed by atoms with Gasteiger partial charge >= 0.3 is 0 Å². The Hall–Kier alpha value is -2.50. The average Bonchev–Trinajstić information content (AvgIpc) is 2.71. The molecule has 0 radical (unpaired) electrons. The van der Waals surface area contributed by atoms with E-state index in [0.29, 0.717) is 46.5 Å². The number of carbonyl (C=O) groups is 1. The van der Waals surface area contributed by atoms with Gasteiger partial charge in [0.25, 0.3) is 11.6 Å². The van der Waals surface area contributed by atoms with Crippen molar-refractivity contribution in [1.82, 2.24) is 5.43 Å². The number of morpholine rings is 1. The van der Waals surface area contributed by atoms with Crippen molar-refractivity contribution in [2.24, 2.45) is 5.10 Å². The van der Waals surface area contributed by atoms with E-state index in [1.807, 2.05) is 4.90 Å². The molecule has 1 fully saturated rings. The Bertz CT molecular complexity index is 977. The lowest BCUT2D eigenvalue weighted by Gasteiger charge is -2.28. The second-order valence-electron chi connectivity index (χ2n) is 6.09. The Morgan fingerprint density at radius 3 is 2.69 bits per heavy atom. The van der Waals surface area contributed by atoms with Crippen molar-refractivity contribution in [2.75, 3.05) is 31.2 Å². The van der Waals surface area contributed by atoms with Crippen LogP contribution in [-0.2, 0) is 4.74 Å². The molecular weight excluding hydrogens is 512 g/mol. The van der Waals surface area contributed by atoms with Crippen LogP contribution in [0.2, 0.25) is 0 Å². The van der Waals surface area contributed by atoms with Gasteiger partial charge in [0.1, 0.15) is 11.4 Å². The molecule has 3 rings (SSSR count).